The first kappa shape index (κ1) is 9.65. The fourth-order valence-electron chi connectivity index (χ4n) is 1.20. The SMILES string of the molecule is N[C@H](c1ccc(Cl)nc1)c1cccs1. The molecule has 14 heavy (non-hydrogen) atoms. The molecule has 2 N–H and O–H groups in total. The number of nitrogens with two attached hydrogens (primary N) is 1. The van der Waals surface area contributed by atoms with Crippen LogP contribution in [0.3, 0.4) is 0 Å². The van der Waals surface area contributed by atoms with Gasteiger partial charge >= 0.3 is 0 Å². The van der Waals surface area contributed by atoms with Crippen molar-refractivity contribution in [3.05, 3.63) is 51.4 Å². The summed E-state index contributed by atoms with van der Waals surface area (Å²) in [4.78, 5) is 5.13. The first-order chi connectivity index (χ1) is 6.77. The minimum Gasteiger partial charge on any atom is -0.320 e. The van der Waals surface area contributed by atoms with Crippen molar-refractivity contribution in [1.82, 2.24) is 4.98 Å². The van der Waals surface area contributed by atoms with Crippen LogP contribution in [0.1, 0.15) is 16.5 Å². The predicted molar refractivity (Wildman–Crippen MR) is 59.6 cm³/mol. The van der Waals surface area contributed by atoms with Crippen molar-refractivity contribution in [3.8, 4) is 0 Å². The van der Waals surface area contributed by atoms with Crippen molar-refractivity contribution >= 4 is 22.9 Å². The summed E-state index contributed by atoms with van der Waals surface area (Å²) < 4.78 is 0. The molecule has 72 valence electrons. The molecule has 0 aliphatic heterocycles. The second-order valence-corrected chi connectivity index (χ2v) is 4.27. The molecule has 0 aromatic carbocycles. The maximum atomic E-state index is 6.04. The second kappa shape index (κ2) is 4.09. The molecule has 0 saturated carbocycles. The fraction of sp³-hybridized carbons (Fsp3) is 0.100. The van der Waals surface area contributed by atoms with E-state index in [1.807, 2.05) is 23.6 Å². The summed E-state index contributed by atoms with van der Waals surface area (Å²) in [5, 5.41) is 2.51. The molecular formula is C10H9ClN2S. The Morgan fingerprint density at radius 1 is 1.36 bits per heavy atom. The van der Waals surface area contributed by atoms with E-state index in [-0.39, 0.29) is 6.04 Å². The molecule has 2 rings (SSSR count). The molecule has 0 bridgehead atoms. The molecule has 2 nitrogen and oxygen atoms in total. The Kier molecular flexibility index (Phi) is 2.82. The third-order valence-corrected chi connectivity index (χ3v) is 3.14. The van der Waals surface area contributed by atoms with Crippen LogP contribution in [-0.2, 0) is 0 Å². The molecule has 2 aromatic rings. The molecule has 4 heteroatoms. The monoisotopic (exact) mass is 224 g/mol. The molecular weight excluding hydrogens is 216 g/mol. The van der Waals surface area contributed by atoms with Crippen molar-refractivity contribution in [2.45, 2.75) is 6.04 Å². The van der Waals surface area contributed by atoms with Gasteiger partial charge in [-0.05, 0) is 23.1 Å². The second-order valence-electron chi connectivity index (χ2n) is 2.91. The Hall–Kier alpha value is -0.900. The first-order valence-corrected chi connectivity index (χ1v) is 5.43. The van der Waals surface area contributed by atoms with Crippen molar-refractivity contribution < 1.29 is 0 Å². The number of aromatic nitrogens is 1. The van der Waals surface area contributed by atoms with Gasteiger partial charge in [0.05, 0.1) is 6.04 Å². The molecule has 0 aliphatic carbocycles. The molecule has 0 unspecified atom stereocenters. The van der Waals surface area contributed by atoms with Crippen molar-refractivity contribution in [2.75, 3.05) is 0 Å². The maximum Gasteiger partial charge on any atom is 0.129 e. The van der Waals surface area contributed by atoms with E-state index in [9.17, 15) is 0 Å². The summed E-state index contributed by atoms with van der Waals surface area (Å²) in [6, 6.07) is 7.57. The number of hydrogen-bond donors (Lipinski definition) is 1. The summed E-state index contributed by atoms with van der Waals surface area (Å²) in [5.41, 5.74) is 7.02. The summed E-state index contributed by atoms with van der Waals surface area (Å²) in [6.07, 6.45) is 1.72. The molecule has 0 spiro atoms. The lowest BCUT2D eigenvalue weighted by Crippen LogP contribution is -2.10. The van der Waals surface area contributed by atoms with Crippen LogP contribution in [0.5, 0.6) is 0 Å². The van der Waals surface area contributed by atoms with Crippen molar-refractivity contribution in [3.63, 3.8) is 0 Å². The topological polar surface area (TPSA) is 38.9 Å². The van der Waals surface area contributed by atoms with E-state index in [4.69, 9.17) is 17.3 Å². The Labute approximate surface area is 91.4 Å². The summed E-state index contributed by atoms with van der Waals surface area (Å²) in [6.45, 7) is 0. The third kappa shape index (κ3) is 1.95. The smallest absolute Gasteiger partial charge is 0.129 e. The third-order valence-electron chi connectivity index (χ3n) is 1.96. The van der Waals surface area contributed by atoms with Gasteiger partial charge in [0.2, 0.25) is 0 Å². The highest BCUT2D eigenvalue weighted by Crippen LogP contribution is 2.23. The normalized spacial score (nSPS) is 12.7. The average Bonchev–Trinajstić information content (AvgIpc) is 2.71. The largest absolute Gasteiger partial charge is 0.320 e. The van der Waals surface area contributed by atoms with Crippen molar-refractivity contribution in [1.29, 1.82) is 0 Å². The zero-order valence-electron chi connectivity index (χ0n) is 7.35. The van der Waals surface area contributed by atoms with Gasteiger partial charge in [0, 0.05) is 11.1 Å². The van der Waals surface area contributed by atoms with Gasteiger partial charge in [0.25, 0.3) is 0 Å². The van der Waals surface area contributed by atoms with Crippen molar-refractivity contribution in [2.24, 2.45) is 5.73 Å². The standard InChI is InChI=1S/C10H9ClN2S/c11-9-4-3-7(6-13-9)10(12)8-2-1-5-14-8/h1-6,10H,12H2/t10-/m1/s1. The van der Waals surface area contributed by atoms with Crippen LogP contribution in [-0.4, -0.2) is 4.98 Å². The molecule has 0 saturated heterocycles. The fourth-order valence-corrected chi connectivity index (χ4v) is 2.07. The molecule has 0 fully saturated rings. The van der Waals surface area contributed by atoms with Crippen LogP contribution >= 0.6 is 22.9 Å². The maximum absolute atomic E-state index is 6.04. The van der Waals surface area contributed by atoms with Crippen LogP contribution in [0.2, 0.25) is 5.15 Å². The van der Waals surface area contributed by atoms with Gasteiger partial charge in [-0.2, -0.15) is 0 Å². The van der Waals surface area contributed by atoms with E-state index < -0.39 is 0 Å². The molecule has 0 aliphatic rings. The van der Waals surface area contributed by atoms with E-state index in [0.29, 0.717) is 5.15 Å². The highest BCUT2D eigenvalue weighted by Gasteiger charge is 2.09. The van der Waals surface area contributed by atoms with E-state index in [1.165, 1.54) is 0 Å². The van der Waals surface area contributed by atoms with Crippen LogP contribution in [0, 0.1) is 0 Å². The van der Waals surface area contributed by atoms with Gasteiger partial charge in [0.1, 0.15) is 5.15 Å². The number of pyridine rings is 1. The zero-order valence-corrected chi connectivity index (χ0v) is 8.92. The highest BCUT2D eigenvalue weighted by atomic mass is 35.5. The minimum atomic E-state index is -0.0974. The molecule has 0 radical (unpaired) electrons. The summed E-state index contributed by atoms with van der Waals surface area (Å²) >= 11 is 7.34. The van der Waals surface area contributed by atoms with Gasteiger partial charge in [-0.25, -0.2) is 4.98 Å². The van der Waals surface area contributed by atoms with Crippen LogP contribution < -0.4 is 5.73 Å². The molecule has 0 amide bonds. The van der Waals surface area contributed by atoms with E-state index >= 15 is 0 Å². The summed E-state index contributed by atoms with van der Waals surface area (Å²) in [5.74, 6) is 0. The lowest BCUT2D eigenvalue weighted by Gasteiger charge is -2.08. The average molecular weight is 225 g/mol. The Bertz CT molecular complexity index is 397. The Morgan fingerprint density at radius 3 is 2.79 bits per heavy atom. The van der Waals surface area contributed by atoms with Gasteiger partial charge in [-0.3, -0.25) is 0 Å². The number of nitrogens with zero attached hydrogens (tertiary/aromatic N) is 1. The van der Waals surface area contributed by atoms with Gasteiger partial charge in [-0.1, -0.05) is 23.7 Å². The van der Waals surface area contributed by atoms with E-state index in [1.54, 1.807) is 23.6 Å². The first-order valence-electron chi connectivity index (χ1n) is 4.18. The van der Waals surface area contributed by atoms with Crippen LogP contribution in [0.15, 0.2) is 35.8 Å². The van der Waals surface area contributed by atoms with E-state index in [2.05, 4.69) is 4.98 Å². The van der Waals surface area contributed by atoms with E-state index in [0.717, 1.165) is 10.4 Å². The van der Waals surface area contributed by atoms with Gasteiger partial charge < -0.3 is 5.73 Å². The van der Waals surface area contributed by atoms with Gasteiger partial charge in [-0.15, -0.1) is 11.3 Å². The summed E-state index contributed by atoms with van der Waals surface area (Å²) in [7, 11) is 0. The minimum absolute atomic E-state index is 0.0974. The highest BCUT2D eigenvalue weighted by molar-refractivity contribution is 7.10. The Balaban J connectivity index is 2.28. The number of hydrogen-bond acceptors (Lipinski definition) is 3. The predicted octanol–water partition coefficient (Wildman–Crippen LogP) is 2.84. The van der Waals surface area contributed by atoms with Gasteiger partial charge in [0.15, 0.2) is 0 Å². The zero-order chi connectivity index (χ0) is 9.97. The molecule has 2 aromatic heterocycles. The molecule has 2 heterocycles. The number of thiophene rings is 1. The lowest BCUT2D eigenvalue weighted by atomic mass is 10.1. The Morgan fingerprint density at radius 2 is 2.21 bits per heavy atom. The van der Waals surface area contributed by atoms with Crippen LogP contribution in [0.4, 0.5) is 0 Å². The molecule has 1 atom stereocenters. The quantitative estimate of drug-likeness (QED) is 0.797. The number of halogens is 1. The number of rotatable bonds is 2. The van der Waals surface area contributed by atoms with Crippen LogP contribution in [0.25, 0.3) is 0 Å². The lowest BCUT2D eigenvalue weighted by molar-refractivity contribution is 0.884.